The van der Waals surface area contributed by atoms with Crippen LogP contribution in [0.3, 0.4) is 0 Å². The van der Waals surface area contributed by atoms with Crippen LogP contribution in [0.5, 0.6) is 0 Å². The van der Waals surface area contributed by atoms with E-state index in [1.165, 1.54) is 6.07 Å². The number of hydrogen-bond acceptors (Lipinski definition) is 3. The molecule has 0 aliphatic heterocycles. The average molecular weight is 306 g/mol. The molecular weight excluding hydrogens is 298 g/mol. The van der Waals surface area contributed by atoms with E-state index in [-0.39, 0.29) is 5.52 Å². The summed E-state index contributed by atoms with van der Waals surface area (Å²) in [6.45, 7) is 0. The molecule has 0 spiro atoms. The number of benzene rings is 2. The molecule has 2 aromatic carbocycles. The number of nitrogens with two attached hydrogens (primary N) is 1. The maximum atomic E-state index is 12.2. The van der Waals surface area contributed by atoms with E-state index in [0.29, 0.717) is 22.2 Å². The summed E-state index contributed by atoms with van der Waals surface area (Å²) in [5, 5.41) is 24.4. The molecule has 1 heterocycles. The van der Waals surface area contributed by atoms with Crippen molar-refractivity contribution < 1.29 is 9.46 Å². The van der Waals surface area contributed by atoms with Crippen LogP contribution in [0.15, 0.2) is 40.9 Å². The molecule has 3 rings (SSSR count). The molecule has 18 heavy (non-hydrogen) atoms. The van der Waals surface area contributed by atoms with E-state index in [4.69, 9.17) is 5.73 Å². The Kier molecular flexibility index (Phi) is 2.27. The van der Waals surface area contributed by atoms with Crippen LogP contribution in [-0.4, -0.2) is 0 Å². The van der Waals surface area contributed by atoms with Gasteiger partial charge in [-0.15, -0.1) is 0 Å². The summed E-state index contributed by atoms with van der Waals surface area (Å²) in [6.07, 6.45) is 0. The Morgan fingerprint density at radius 2 is 1.39 bits per heavy atom. The maximum absolute atomic E-state index is 12.2. The van der Waals surface area contributed by atoms with Gasteiger partial charge in [0.2, 0.25) is 0 Å². The monoisotopic (exact) mass is 305 g/mol. The summed E-state index contributed by atoms with van der Waals surface area (Å²) in [5.41, 5.74) is 7.28. The van der Waals surface area contributed by atoms with Gasteiger partial charge in [-0.3, -0.25) is 0 Å². The molecule has 0 saturated carbocycles. The molecule has 2 N–H and O–H groups in total. The first-order valence-electron chi connectivity index (χ1n) is 5.21. The van der Waals surface area contributed by atoms with Gasteiger partial charge in [0.1, 0.15) is 0 Å². The molecule has 0 aliphatic rings. The molecule has 0 bridgehead atoms. The first-order valence-corrected chi connectivity index (χ1v) is 6.01. The lowest BCUT2D eigenvalue weighted by atomic mass is 10.2. The van der Waals surface area contributed by atoms with Crippen molar-refractivity contribution in [3.05, 3.63) is 51.3 Å². The smallest absolute Gasteiger partial charge is 0.292 e. The second kappa shape index (κ2) is 3.71. The summed E-state index contributed by atoms with van der Waals surface area (Å²) in [7, 11) is 0. The number of nitrogen functional groups attached to an aromatic ring is 1. The van der Waals surface area contributed by atoms with Gasteiger partial charge in [-0.25, -0.2) is 0 Å². The number of halogens is 1. The molecule has 5 nitrogen and oxygen atoms in total. The quantitative estimate of drug-likeness (QED) is 0.296. The van der Waals surface area contributed by atoms with Gasteiger partial charge in [-0.1, -0.05) is 15.9 Å². The highest BCUT2D eigenvalue weighted by Crippen LogP contribution is 2.18. The first-order chi connectivity index (χ1) is 8.58. The largest absolute Gasteiger partial charge is 0.617 e. The summed E-state index contributed by atoms with van der Waals surface area (Å²) in [6, 6.07) is 9.58. The van der Waals surface area contributed by atoms with Crippen LogP contribution in [0.25, 0.3) is 22.1 Å². The predicted molar refractivity (Wildman–Crippen MR) is 71.5 cm³/mol. The van der Waals surface area contributed by atoms with E-state index in [0.717, 1.165) is 13.9 Å². The minimum absolute atomic E-state index is 0.264. The molecule has 0 atom stereocenters. The number of hydrogen-bond donors (Lipinski definition) is 1. The van der Waals surface area contributed by atoms with Gasteiger partial charge in [0.25, 0.3) is 22.1 Å². The molecule has 0 aliphatic carbocycles. The zero-order chi connectivity index (χ0) is 12.9. The number of rotatable bonds is 0. The van der Waals surface area contributed by atoms with Gasteiger partial charge in [0.15, 0.2) is 0 Å². The van der Waals surface area contributed by atoms with Gasteiger partial charge in [0, 0.05) is 34.4 Å². The third kappa shape index (κ3) is 1.46. The summed E-state index contributed by atoms with van der Waals surface area (Å²) >= 11 is 3.28. The fourth-order valence-corrected chi connectivity index (χ4v) is 2.31. The Hall–Kier alpha value is -2.08. The molecule has 90 valence electrons. The van der Waals surface area contributed by atoms with Crippen LogP contribution in [0.4, 0.5) is 5.69 Å². The van der Waals surface area contributed by atoms with Crippen molar-refractivity contribution in [1.82, 2.24) is 0 Å². The topological polar surface area (TPSA) is 79.9 Å². The summed E-state index contributed by atoms with van der Waals surface area (Å²) in [4.78, 5) is 0. The van der Waals surface area contributed by atoms with Gasteiger partial charge < -0.3 is 16.1 Å². The molecule has 0 amide bonds. The van der Waals surface area contributed by atoms with E-state index < -0.39 is 0 Å². The molecule has 0 unspecified atom stereocenters. The standard InChI is InChI=1S/C12H8BrN3O2/c13-7-1-3-9-11(5-7)15(17)10-4-2-8(14)6-12(10)16(9)18/h1-6H,14H2. The fraction of sp³-hybridized carbons (Fsp3) is 0. The van der Waals surface area contributed by atoms with Gasteiger partial charge in [-0.05, 0) is 12.1 Å². The Labute approximate surface area is 110 Å². The van der Waals surface area contributed by atoms with Gasteiger partial charge in [0.05, 0.1) is 0 Å². The Morgan fingerprint density at radius 3 is 2.06 bits per heavy atom. The van der Waals surface area contributed by atoms with Crippen molar-refractivity contribution >= 4 is 43.7 Å². The first kappa shape index (κ1) is 11.0. The fourth-order valence-electron chi connectivity index (χ4n) is 1.97. The Bertz CT molecular complexity index is 722. The minimum Gasteiger partial charge on any atom is -0.617 e. The van der Waals surface area contributed by atoms with E-state index >= 15 is 0 Å². The van der Waals surface area contributed by atoms with Crippen molar-refractivity contribution in [2.75, 3.05) is 5.73 Å². The van der Waals surface area contributed by atoms with Crippen LogP contribution < -0.4 is 15.2 Å². The van der Waals surface area contributed by atoms with Crippen molar-refractivity contribution in [3.8, 4) is 0 Å². The van der Waals surface area contributed by atoms with Crippen molar-refractivity contribution in [1.29, 1.82) is 0 Å². The van der Waals surface area contributed by atoms with Gasteiger partial charge >= 0.3 is 0 Å². The molecule has 3 aromatic rings. The lowest BCUT2D eigenvalue weighted by molar-refractivity contribution is -0.591. The normalized spacial score (nSPS) is 11.2. The third-order valence-corrected chi connectivity index (χ3v) is 3.31. The Morgan fingerprint density at radius 1 is 0.833 bits per heavy atom. The van der Waals surface area contributed by atoms with E-state index in [9.17, 15) is 10.4 Å². The molecule has 6 heteroatoms. The molecule has 0 radical (unpaired) electrons. The number of nitrogens with zero attached hydrogens (tertiary/aromatic N) is 2. The molecular formula is C12H8BrN3O2. The van der Waals surface area contributed by atoms with Gasteiger partial charge in [-0.2, -0.15) is 9.46 Å². The summed E-state index contributed by atoms with van der Waals surface area (Å²) in [5.74, 6) is 0. The number of anilines is 1. The second-order valence-electron chi connectivity index (χ2n) is 3.97. The minimum atomic E-state index is 0.264. The van der Waals surface area contributed by atoms with Crippen molar-refractivity contribution in [2.45, 2.75) is 0 Å². The Balaban J connectivity index is 2.60. The lowest BCUT2D eigenvalue weighted by Crippen LogP contribution is -2.39. The average Bonchev–Trinajstić information content (AvgIpc) is 2.36. The highest BCUT2D eigenvalue weighted by Gasteiger charge is 2.21. The van der Waals surface area contributed by atoms with Crippen molar-refractivity contribution in [3.63, 3.8) is 0 Å². The van der Waals surface area contributed by atoms with Crippen LogP contribution in [0, 0.1) is 10.4 Å². The second-order valence-corrected chi connectivity index (χ2v) is 4.89. The zero-order valence-corrected chi connectivity index (χ0v) is 10.7. The van der Waals surface area contributed by atoms with Crippen LogP contribution in [0.1, 0.15) is 0 Å². The molecule has 0 saturated heterocycles. The van der Waals surface area contributed by atoms with E-state index in [2.05, 4.69) is 15.9 Å². The van der Waals surface area contributed by atoms with Crippen LogP contribution >= 0.6 is 15.9 Å². The highest BCUT2D eigenvalue weighted by molar-refractivity contribution is 9.10. The van der Waals surface area contributed by atoms with E-state index in [1.807, 2.05) is 0 Å². The lowest BCUT2D eigenvalue weighted by Gasteiger charge is -2.07. The van der Waals surface area contributed by atoms with Crippen LogP contribution in [0.2, 0.25) is 0 Å². The maximum Gasteiger partial charge on any atom is 0.292 e. The SMILES string of the molecule is Nc1ccc2c(c1)[n+]([O-])c1ccc(Br)cc1[n+]2[O-]. The highest BCUT2D eigenvalue weighted by atomic mass is 79.9. The third-order valence-electron chi connectivity index (χ3n) is 2.81. The van der Waals surface area contributed by atoms with Crippen molar-refractivity contribution in [2.24, 2.45) is 0 Å². The number of aromatic nitrogens is 2. The molecule has 1 aromatic heterocycles. The zero-order valence-electron chi connectivity index (χ0n) is 9.13. The number of fused-ring (bicyclic) bond motifs is 2. The van der Waals surface area contributed by atoms with Crippen LogP contribution in [-0.2, 0) is 0 Å². The molecule has 0 fully saturated rings. The van der Waals surface area contributed by atoms with E-state index in [1.54, 1.807) is 30.3 Å². The summed E-state index contributed by atoms with van der Waals surface area (Å²) < 4.78 is 2.21. The predicted octanol–water partition coefficient (Wildman–Crippen LogP) is 1.60.